The van der Waals surface area contributed by atoms with Crippen LogP contribution in [0.2, 0.25) is 0 Å². The number of hydrogen-bond acceptors (Lipinski definition) is 4. The van der Waals surface area contributed by atoms with E-state index in [2.05, 4.69) is 157 Å². The zero-order valence-corrected chi connectivity index (χ0v) is 37.3. The molecule has 0 atom stereocenters. The molecule has 0 fully saturated rings. The minimum Gasteiger partial charge on any atom is -0.507 e. The molecule has 0 amide bonds. The molecule has 0 aliphatic heterocycles. The van der Waals surface area contributed by atoms with Crippen LogP contribution < -0.4 is 0 Å². The van der Waals surface area contributed by atoms with Crippen LogP contribution in [0.5, 0.6) is 5.75 Å². The van der Waals surface area contributed by atoms with Crippen LogP contribution >= 0.6 is 0 Å². The first kappa shape index (κ1) is 40.7. The van der Waals surface area contributed by atoms with Gasteiger partial charge in [0, 0.05) is 65.6 Å². The van der Waals surface area contributed by atoms with Crippen LogP contribution in [0.15, 0.2) is 156 Å². The average molecular weight is 963 g/mol. The van der Waals surface area contributed by atoms with E-state index in [-0.39, 0.29) is 37.6 Å². The number of furan rings is 1. The zero-order valence-electron chi connectivity index (χ0n) is 35.0. The van der Waals surface area contributed by atoms with Gasteiger partial charge in [0.05, 0.1) is 5.69 Å². The fourth-order valence-electron chi connectivity index (χ4n) is 7.95. The summed E-state index contributed by atoms with van der Waals surface area (Å²) in [5.74, 6) is 0.187. The molecule has 9 aromatic rings. The van der Waals surface area contributed by atoms with E-state index in [1.54, 1.807) is 6.07 Å². The maximum Gasteiger partial charge on any atom is 0.143 e. The van der Waals surface area contributed by atoms with Crippen LogP contribution in [-0.2, 0) is 31.9 Å². The first-order valence-electron chi connectivity index (χ1n) is 20.3. The third kappa shape index (κ3) is 7.85. The maximum absolute atomic E-state index is 11.0. The number of para-hydroxylation sites is 3. The van der Waals surface area contributed by atoms with Crippen molar-refractivity contribution in [3.63, 3.8) is 0 Å². The summed E-state index contributed by atoms with van der Waals surface area (Å²) >= 11 is 0. The molecule has 3 heterocycles. The number of hydrogen-bond donors (Lipinski definition) is 1. The second-order valence-corrected chi connectivity index (χ2v) is 17.6. The van der Waals surface area contributed by atoms with E-state index in [9.17, 15) is 5.11 Å². The van der Waals surface area contributed by atoms with Gasteiger partial charge in [-0.2, -0.15) is 0 Å². The number of fused-ring (bicyclic) bond motifs is 3. The van der Waals surface area contributed by atoms with Crippen molar-refractivity contribution < 1.29 is 30.6 Å². The molecule has 6 aromatic carbocycles. The second-order valence-electron chi connectivity index (χ2n) is 17.6. The van der Waals surface area contributed by atoms with Gasteiger partial charge in [-0.1, -0.05) is 162 Å². The van der Waals surface area contributed by atoms with Crippen LogP contribution in [0.4, 0.5) is 0 Å². The van der Waals surface area contributed by atoms with E-state index in [0.717, 1.165) is 83.5 Å². The van der Waals surface area contributed by atoms with Crippen molar-refractivity contribution in [3.05, 3.63) is 175 Å². The first-order valence-corrected chi connectivity index (χ1v) is 20.3. The van der Waals surface area contributed by atoms with Gasteiger partial charge in [-0.25, -0.2) is 0 Å². The number of aromatic hydroxyl groups is 1. The summed E-state index contributed by atoms with van der Waals surface area (Å²) in [6, 6.07) is 55.8. The van der Waals surface area contributed by atoms with Gasteiger partial charge < -0.3 is 9.52 Å². The minimum absolute atomic E-state index is 0. The summed E-state index contributed by atoms with van der Waals surface area (Å²) in [6.45, 7) is 15.6. The van der Waals surface area contributed by atoms with E-state index in [0.29, 0.717) is 11.3 Å². The van der Waals surface area contributed by atoms with E-state index in [4.69, 9.17) is 14.4 Å². The number of nitrogens with zero attached hydrogens (tertiary/aromatic N) is 2. The number of benzene rings is 6. The SMILES string of the molecule is Cc1cc(-c2cccc3c2oc2c(-c4ccccc4)cccc23)cc(-c2[c-]c(-c3cc(-c4cc(C(C)(C)C)cc(C(C)(C)C)c4)cc(-c4ccccc4O)n3)ccc2)n1.[Pt]. The molecule has 3 aromatic heterocycles. The Labute approximate surface area is 367 Å². The molecule has 1 N–H and O–H groups in total. The van der Waals surface area contributed by atoms with Gasteiger partial charge in [-0.05, 0) is 75.4 Å². The Balaban J connectivity index is 0.00000499. The Morgan fingerprint density at radius 1 is 0.467 bits per heavy atom. The zero-order chi connectivity index (χ0) is 41.1. The topological polar surface area (TPSA) is 59.2 Å². The van der Waals surface area contributed by atoms with Gasteiger partial charge in [0.25, 0.3) is 0 Å². The predicted molar refractivity (Wildman–Crippen MR) is 245 cm³/mol. The molecule has 0 aliphatic carbocycles. The Kier molecular flexibility index (Phi) is 10.7. The molecule has 4 nitrogen and oxygen atoms in total. The van der Waals surface area contributed by atoms with Gasteiger partial charge in [0.15, 0.2) is 0 Å². The van der Waals surface area contributed by atoms with Crippen LogP contribution in [0.3, 0.4) is 0 Å². The van der Waals surface area contributed by atoms with Crippen molar-refractivity contribution in [2.24, 2.45) is 0 Å². The summed E-state index contributed by atoms with van der Waals surface area (Å²) in [6.07, 6.45) is 0. The third-order valence-corrected chi connectivity index (χ3v) is 11.2. The molecule has 9 rings (SSSR count). The van der Waals surface area contributed by atoms with Crippen molar-refractivity contribution in [2.75, 3.05) is 0 Å². The van der Waals surface area contributed by atoms with Crippen molar-refractivity contribution in [3.8, 4) is 72.9 Å². The quantitative estimate of drug-likeness (QED) is 0.169. The Hall–Kier alpha value is -6.09. The largest absolute Gasteiger partial charge is 0.507 e. The summed E-state index contributed by atoms with van der Waals surface area (Å²) in [7, 11) is 0. The average Bonchev–Trinajstić information content (AvgIpc) is 3.62. The Morgan fingerprint density at radius 2 is 0.967 bits per heavy atom. The molecular formula is C55H47N2O2Pt-. The van der Waals surface area contributed by atoms with Crippen LogP contribution in [0, 0.1) is 13.0 Å². The van der Waals surface area contributed by atoms with E-state index >= 15 is 0 Å². The Bertz CT molecular complexity index is 3010. The monoisotopic (exact) mass is 962 g/mol. The van der Waals surface area contributed by atoms with Gasteiger partial charge in [-0.15, -0.1) is 24.3 Å². The fourth-order valence-corrected chi connectivity index (χ4v) is 7.95. The predicted octanol–water partition coefficient (Wildman–Crippen LogP) is 14.8. The molecule has 60 heavy (non-hydrogen) atoms. The van der Waals surface area contributed by atoms with E-state index in [1.807, 2.05) is 43.3 Å². The van der Waals surface area contributed by atoms with Gasteiger partial charge >= 0.3 is 0 Å². The number of phenolic OH excluding ortho intramolecular Hbond substituents is 1. The molecule has 0 aliphatic rings. The Morgan fingerprint density at radius 3 is 1.58 bits per heavy atom. The summed E-state index contributed by atoms with van der Waals surface area (Å²) in [4.78, 5) is 10.2. The number of aromatic nitrogens is 2. The molecule has 0 saturated heterocycles. The molecule has 0 unspecified atom stereocenters. The number of phenols is 1. The molecular weight excluding hydrogens is 916 g/mol. The summed E-state index contributed by atoms with van der Waals surface area (Å²) in [5.41, 5.74) is 16.1. The van der Waals surface area contributed by atoms with Crippen LogP contribution in [0.25, 0.3) is 89.1 Å². The molecule has 0 bridgehead atoms. The van der Waals surface area contributed by atoms with Crippen molar-refractivity contribution in [1.29, 1.82) is 0 Å². The number of aryl methyl sites for hydroxylation is 1. The molecule has 0 spiro atoms. The number of rotatable bonds is 6. The van der Waals surface area contributed by atoms with Crippen LogP contribution in [0.1, 0.15) is 58.4 Å². The normalized spacial score (nSPS) is 11.8. The molecule has 5 heteroatoms. The van der Waals surface area contributed by atoms with Crippen LogP contribution in [-0.4, -0.2) is 15.1 Å². The molecule has 0 saturated carbocycles. The third-order valence-electron chi connectivity index (χ3n) is 11.2. The van der Waals surface area contributed by atoms with E-state index in [1.165, 1.54) is 11.1 Å². The number of pyridine rings is 2. The van der Waals surface area contributed by atoms with Crippen molar-refractivity contribution in [1.82, 2.24) is 9.97 Å². The van der Waals surface area contributed by atoms with Gasteiger partial charge in [0.2, 0.25) is 0 Å². The molecule has 0 radical (unpaired) electrons. The minimum atomic E-state index is -0.0464. The first-order chi connectivity index (χ1) is 28.3. The molecule has 300 valence electrons. The van der Waals surface area contributed by atoms with Gasteiger partial charge in [0.1, 0.15) is 16.9 Å². The van der Waals surface area contributed by atoms with Gasteiger partial charge in [-0.3, -0.25) is 9.97 Å². The van der Waals surface area contributed by atoms with E-state index < -0.39 is 0 Å². The summed E-state index contributed by atoms with van der Waals surface area (Å²) < 4.78 is 6.79. The van der Waals surface area contributed by atoms with Crippen molar-refractivity contribution in [2.45, 2.75) is 59.3 Å². The smallest absolute Gasteiger partial charge is 0.143 e. The fraction of sp³-hybridized carbons (Fsp3) is 0.164. The maximum atomic E-state index is 11.0. The standard InChI is InChI=1S/C55H47N2O2.Pt/c1-34-26-40(44-22-15-24-46-45-23-14-21-43(52(45)59-53(44)46)35-16-9-8-10-17-35)32-48(56-34)36-18-13-19-37(27-36)49-30-39(31-50(57-49)47-20-11-12-25-51(47)58)38-28-41(54(2,3)4)33-42(29-38)55(5,6)7;/h8-26,28-33,58H,1-7H3;/q-1;. The second kappa shape index (κ2) is 15.8. The summed E-state index contributed by atoms with van der Waals surface area (Å²) in [5, 5.41) is 13.2. The van der Waals surface area contributed by atoms with Crippen molar-refractivity contribution >= 4 is 21.9 Å².